The number of ketones is 1. The zero-order chi connectivity index (χ0) is 18.3. The number of unbranched alkanes of at least 4 members (excludes halogenated alkanes) is 1. The number of rotatable bonds is 9. The van der Waals surface area contributed by atoms with E-state index < -0.39 is 0 Å². The second-order valence-electron chi connectivity index (χ2n) is 6.41. The van der Waals surface area contributed by atoms with E-state index in [0.29, 0.717) is 12.5 Å². The number of nitrogens with one attached hydrogen (secondary N) is 1. The fraction of sp³-hybridized carbons (Fsp3) is 0.409. The molecule has 3 nitrogen and oxygen atoms in total. The van der Waals surface area contributed by atoms with E-state index in [0.717, 1.165) is 31.5 Å². The van der Waals surface area contributed by atoms with E-state index in [1.54, 1.807) is 6.92 Å². The highest BCUT2D eigenvalue weighted by molar-refractivity contribution is 5.78. The molecule has 3 heteroatoms. The minimum absolute atomic E-state index is 0.214. The minimum atomic E-state index is 0.214. The van der Waals surface area contributed by atoms with E-state index >= 15 is 0 Å². The first kappa shape index (κ1) is 21.1. The van der Waals surface area contributed by atoms with Crippen LogP contribution in [0.15, 0.2) is 60.7 Å². The minimum Gasteiger partial charge on any atom is -0.330 e. The van der Waals surface area contributed by atoms with Gasteiger partial charge in [-0.25, -0.2) is 0 Å². The van der Waals surface area contributed by atoms with Crippen molar-refractivity contribution < 1.29 is 4.79 Å². The molecule has 0 spiro atoms. The molecule has 0 saturated carbocycles. The Labute approximate surface area is 152 Å². The molecule has 1 atom stereocenters. The summed E-state index contributed by atoms with van der Waals surface area (Å²) in [5.41, 5.74) is 7.93. The Bertz CT molecular complexity index is 569. The van der Waals surface area contributed by atoms with Gasteiger partial charge in [-0.2, -0.15) is 0 Å². The monoisotopic (exact) mass is 340 g/mol. The van der Waals surface area contributed by atoms with E-state index in [-0.39, 0.29) is 5.78 Å². The fourth-order valence-corrected chi connectivity index (χ4v) is 2.54. The van der Waals surface area contributed by atoms with Crippen molar-refractivity contribution in [3.05, 3.63) is 71.8 Å². The largest absolute Gasteiger partial charge is 0.330 e. The Balaban J connectivity index is 0.000000271. The maximum atomic E-state index is 10.6. The lowest BCUT2D eigenvalue weighted by molar-refractivity contribution is -0.116. The van der Waals surface area contributed by atoms with Crippen LogP contribution in [-0.2, 0) is 17.6 Å². The molecule has 136 valence electrons. The third-order valence-electron chi connectivity index (χ3n) is 3.80. The van der Waals surface area contributed by atoms with E-state index in [4.69, 9.17) is 5.73 Å². The molecule has 2 rings (SSSR count). The van der Waals surface area contributed by atoms with Crippen LogP contribution in [0.1, 0.15) is 37.8 Å². The van der Waals surface area contributed by atoms with E-state index in [9.17, 15) is 4.79 Å². The lowest BCUT2D eigenvalue weighted by Crippen LogP contribution is -2.29. The van der Waals surface area contributed by atoms with Crippen molar-refractivity contribution >= 4 is 5.78 Å². The van der Waals surface area contributed by atoms with Gasteiger partial charge in [-0.1, -0.05) is 60.7 Å². The van der Waals surface area contributed by atoms with Crippen LogP contribution in [-0.4, -0.2) is 24.9 Å². The average Bonchev–Trinajstić information content (AvgIpc) is 2.61. The fourth-order valence-electron chi connectivity index (χ4n) is 2.54. The Morgan fingerprint density at radius 1 is 0.960 bits per heavy atom. The van der Waals surface area contributed by atoms with Crippen molar-refractivity contribution in [2.24, 2.45) is 5.73 Å². The zero-order valence-electron chi connectivity index (χ0n) is 15.6. The van der Waals surface area contributed by atoms with Crippen LogP contribution in [0, 0.1) is 0 Å². The number of benzene rings is 2. The Morgan fingerprint density at radius 3 is 2.04 bits per heavy atom. The highest BCUT2D eigenvalue weighted by Gasteiger charge is 2.01. The van der Waals surface area contributed by atoms with Gasteiger partial charge < -0.3 is 11.1 Å². The van der Waals surface area contributed by atoms with Gasteiger partial charge in [-0.05, 0) is 57.3 Å². The van der Waals surface area contributed by atoms with Crippen molar-refractivity contribution in [2.45, 2.75) is 45.6 Å². The van der Waals surface area contributed by atoms with Crippen molar-refractivity contribution in [1.82, 2.24) is 5.32 Å². The molecule has 2 aromatic carbocycles. The van der Waals surface area contributed by atoms with Crippen LogP contribution in [0.3, 0.4) is 0 Å². The maximum absolute atomic E-state index is 10.6. The standard InChI is InChI=1S/C13H22N2.C9H10O/c1-12(15-10-6-5-9-14)11-13-7-3-2-4-8-13;1-8(10)7-9-5-3-2-4-6-9/h2-4,7-8,12,15H,5-6,9-11,14H2,1H3;2-6H,7H2,1H3. The molecule has 25 heavy (non-hydrogen) atoms. The van der Waals surface area contributed by atoms with Gasteiger partial charge in [0.1, 0.15) is 5.78 Å². The zero-order valence-corrected chi connectivity index (χ0v) is 15.6. The molecule has 0 radical (unpaired) electrons. The van der Waals surface area contributed by atoms with E-state index in [1.165, 1.54) is 12.0 Å². The van der Waals surface area contributed by atoms with Gasteiger partial charge in [0.2, 0.25) is 0 Å². The van der Waals surface area contributed by atoms with Crippen LogP contribution in [0.2, 0.25) is 0 Å². The molecule has 1 unspecified atom stereocenters. The lowest BCUT2D eigenvalue weighted by Gasteiger charge is -2.13. The van der Waals surface area contributed by atoms with Crippen molar-refractivity contribution in [1.29, 1.82) is 0 Å². The van der Waals surface area contributed by atoms with Crippen LogP contribution in [0.5, 0.6) is 0 Å². The average molecular weight is 341 g/mol. The summed E-state index contributed by atoms with van der Waals surface area (Å²) in [6.07, 6.45) is 3.95. The van der Waals surface area contributed by atoms with Crippen molar-refractivity contribution in [3.8, 4) is 0 Å². The molecule has 0 aliphatic carbocycles. The summed E-state index contributed by atoms with van der Waals surface area (Å²) in [4.78, 5) is 10.6. The lowest BCUT2D eigenvalue weighted by atomic mass is 10.1. The number of Topliss-reactive ketones (excluding diaryl/α,β-unsaturated/α-hetero) is 1. The highest BCUT2D eigenvalue weighted by Crippen LogP contribution is 2.02. The van der Waals surface area contributed by atoms with E-state index in [2.05, 4.69) is 42.6 Å². The van der Waals surface area contributed by atoms with Gasteiger partial charge in [0.15, 0.2) is 0 Å². The molecule has 0 aromatic heterocycles. The van der Waals surface area contributed by atoms with Gasteiger partial charge in [-0.3, -0.25) is 4.79 Å². The summed E-state index contributed by atoms with van der Waals surface area (Å²) in [5.74, 6) is 0.214. The number of hydrogen-bond donors (Lipinski definition) is 2. The van der Waals surface area contributed by atoms with Crippen molar-refractivity contribution in [2.75, 3.05) is 13.1 Å². The Morgan fingerprint density at radius 2 is 1.52 bits per heavy atom. The van der Waals surface area contributed by atoms with Crippen LogP contribution in [0.4, 0.5) is 0 Å². The number of carbonyl (C=O) groups excluding carboxylic acids is 1. The third kappa shape index (κ3) is 11.2. The summed E-state index contributed by atoms with van der Waals surface area (Å²) in [7, 11) is 0. The van der Waals surface area contributed by atoms with Gasteiger partial charge in [0.25, 0.3) is 0 Å². The first-order chi connectivity index (χ1) is 12.1. The SMILES string of the molecule is CC(=O)Cc1ccccc1.CC(Cc1ccccc1)NCCCCN. The summed E-state index contributed by atoms with van der Waals surface area (Å²) >= 11 is 0. The Kier molecular flexibility index (Phi) is 11.2. The molecular formula is C22H32N2O. The highest BCUT2D eigenvalue weighted by atomic mass is 16.1. The second kappa shape index (κ2) is 13.3. The number of carbonyl (C=O) groups is 1. The quantitative estimate of drug-likeness (QED) is 0.683. The number of nitrogens with two attached hydrogens (primary N) is 1. The molecule has 2 aromatic rings. The summed E-state index contributed by atoms with van der Waals surface area (Å²) in [5, 5.41) is 3.51. The van der Waals surface area contributed by atoms with Gasteiger partial charge in [-0.15, -0.1) is 0 Å². The van der Waals surface area contributed by atoms with Gasteiger partial charge in [0.05, 0.1) is 0 Å². The smallest absolute Gasteiger partial charge is 0.134 e. The Hall–Kier alpha value is -1.97. The topological polar surface area (TPSA) is 55.1 Å². The molecule has 0 heterocycles. The molecule has 0 fully saturated rings. The normalized spacial score (nSPS) is 11.3. The predicted molar refractivity (Wildman–Crippen MR) is 107 cm³/mol. The molecule has 0 amide bonds. The molecule has 0 aliphatic heterocycles. The molecule has 0 saturated heterocycles. The van der Waals surface area contributed by atoms with Crippen LogP contribution >= 0.6 is 0 Å². The summed E-state index contributed by atoms with van der Waals surface area (Å²) < 4.78 is 0. The molecule has 0 bridgehead atoms. The molecular weight excluding hydrogens is 308 g/mol. The molecule has 0 aliphatic rings. The maximum Gasteiger partial charge on any atom is 0.134 e. The summed E-state index contributed by atoms with van der Waals surface area (Å²) in [6.45, 7) is 5.71. The van der Waals surface area contributed by atoms with Gasteiger partial charge in [0, 0.05) is 12.5 Å². The first-order valence-corrected chi connectivity index (χ1v) is 9.12. The second-order valence-corrected chi connectivity index (χ2v) is 6.41. The van der Waals surface area contributed by atoms with Crippen LogP contribution < -0.4 is 11.1 Å². The molecule has 3 N–H and O–H groups in total. The van der Waals surface area contributed by atoms with E-state index in [1.807, 2.05) is 30.3 Å². The summed E-state index contributed by atoms with van der Waals surface area (Å²) in [6, 6.07) is 20.9. The third-order valence-corrected chi connectivity index (χ3v) is 3.80. The van der Waals surface area contributed by atoms with Crippen LogP contribution in [0.25, 0.3) is 0 Å². The van der Waals surface area contributed by atoms with Crippen molar-refractivity contribution in [3.63, 3.8) is 0 Å². The predicted octanol–water partition coefficient (Wildman–Crippen LogP) is 3.76. The number of hydrogen-bond acceptors (Lipinski definition) is 3. The first-order valence-electron chi connectivity index (χ1n) is 9.12. The van der Waals surface area contributed by atoms with Gasteiger partial charge >= 0.3 is 0 Å².